The number of nitrogens with zero attached hydrogens (tertiary/aromatic N) is 1. The van der Waals surface area contributed by atoms with E-state index in [0.29, 0.717) is 42.5 Å². The predicted molar refractivity (Wildman–Crippen MR) is 118 cm³/mol. The maximum atomic E-state index is 14.8. The second-order valence-corrected chi connectivity index (χ2v) is 7.61. The van der Waals surface area contributed by atoms with Crippen LogP contribution in [0.1, 0.15) is 27.7 Å². The predicted octanol–water partition coefficient (Wildman–Crippen LogP) is 4.28. The molecule has 1 aliphatic heterocycles. The second-order valence-electron chi connectivity index (χ2n) is 7.61. The monoisotopic (exact) mass is 415 g/mol. The van der Waals surface area contributed by atoms with Gasteiger partial charge in [0.15, 0.2) is 0 Å². The number of amides is 1. The van der Waals surface area contributed by atoms with E-state index in [1.54, 1.807) is 31.2 Å². The van der Waals surface area contributed by atoms with Crippen molar-refractivity contribution in [2.24, 2.45) is 0 Å². The maximum absolute atomic E-state index is 14.8. The molecule has 1 aliphatic rings. The Kier molecular flexibility index (Phi) is 7.15. The van der Waals surface area contributed by atoms with E-state index >= 15 is 0 Å². The first-order valence-corrected chi connectivity index (χ1v) is 10.4. The number of carbonyl (C=O) groups excluding carboxylic acids is 1. The number of halogens is 1. The number of benzene rings is 2. The molecule has 6 nitrogen and oxygen atoms in total. The number of morpholine rings is 1. The Hall–Kier alpha value is -2.80. The third-order valence-corrected chi connectivity index (χ3v) is 4.93. The fraction of sp³-hybridized carbons (Fsp3) is 0.435. The van der Waals surface area contributed by atoms with Crippen molar-refractivity contribution in [1.29, 1.82) is 0 Å². The molecule has 0 aliphatic carbocycles. The van der Waals surface area contributed by atoms with Crippen molar-refractivity contribution in [3.05, 3.63) is 48.3 Å². The quantitative estimate of drug-likeness (QED) is 0.707. The Morgan fingerprint density at radius 1 is 1.23 bits per heavy atom. The molecule has 0 radical (unpaired) electrons. The van der Waals surface area contributed by atoms with Gasteiger partial charge in [0, 0.05) is 18.8 Å². The summed E-state index contributed by atoms with van der Waals surface area (Å²) in [5.74, 6) is 0.0583. The van der Waals surface area contributed by atoms with Crippen LogP contribution in [0.25, 0.3) is 0 Å². The van der Waals surface area contributed by atoms with Crippen molar-refractivity contribution < 1.29 is 18.7 Å². The fourth-order valence-electron chi connectivity index (χ4n) is 3.64. The smallest absolute Gasteiger partial charge is 0.246 e. The minimum Gasteiger partial charge on any atom is -0.492 e. The highest BCUT2D eigenvalue weighted by atomic mass is 19.1. The standard InChI is InChI=1S/C23H30FN3O3/c1-5-29-22-9-7-6-8-20(22)26-23(28)17(4)25-18-10-11-21(19(24)12-18)27-13-15(2)30-16(3)14-27/h6-12,15-17,25H,5,13-14H2,1-4H3,(H,26,28). The van der Waals surface area contributed by atoms with Crippen molar-refractivity contribution >= 4 is 23.0 Å². The molecule has 3 atom stereocenters. The number of hydrogen-bond acceptors (Lipinski definition) is 5. The summed E-state index contributed by atoms with van der Waals surface area (Å²) >= 11 is 0. The molecule has 2 N–H and O–H groups in total. The highest BCUT2D eigenvalue weighted by Crippen LogP contribution is 2.27. The van der Waals surface area contributed by atoms with E-state index in [1.165, 1.54) is 6.07 Å². The molecule has 1 amide bonds. The van der Waals surface area contributed by atoms with E-state index in [4.69, 9.17) is 9.47 Å². The van der Waals surface area contributed by atoms with Gasteiger partial charge in [-0.2, -0.15) is 0 Å². The van der Waals surface area contributed by atoms with Gasteiger partial charge in [-0.25, -0.2) is 4.39 Å². The third kappa shape index (κ3) is 5.42. The Morgan fingerprint density at radius 2 is 1.93 bits per heavy atom. The summed E-state index contributed by atoms with van der Waals surface area (Å²) < 4.78 is 26.0. The van der Waals surface area contributed by atoms with Gasteiger partial charge in [0.2, 0.25) is 5.91 Å². The molecular formula is C23H30FN3O3. The van der Waals surface area contributed by atoms with Gasteiger partial charge in [-0.05, 0) is 58.0 Å². The van der Waals surface area contributed by atoms with Crippen LogP contribution in [0.2, 0.25) is 0 Å². The first kappa shape index (κ1) is 21.9. The number of para-hydroxylation sites is 2. The van der Waals surface area contributed by atoms with Gasteiger partial charge < -0.3 is 25.0 Å². The van der Waals surface area contributed by atoms with Crippen molar-refractivity contribution in [1.82, 2.24) is 0 Å². The van der Waals surface area contributed by atoms with Gasteiger partial charge in [-0.15, -0.1) is 0 Å². The van der Waals surface area contributed by atoms with Crippen LogP contribution in [-0.2, 0) is 9.53 Å². The van der Waals surface area contributed by atoms with E-state index in [-0.39, 0.29) is 23.9 Å². The Bertz CT molecular complexity index is 867. The van der Waals surface area contributed by atoms with Crippen LogP contribution in [0.3, 0.4) is 0 Å². The summed E-state index contributed by atoms with van der Waals surface area (Å²) in [6.07, 6.45) is 0.100. The zero-order valence-corrected chi connectivity index (χ0v) is 17.9. The van der Waals surface area contributed by atoms with E-state index < -0.39 is 6.04 Å². The van der Waals surface area contributed by atoms with Gasteiger partial charge in [-0.3, -0.25) is 4.79 Å². The van der Waals surface area contributed by atoms with E-state index in [9.17, 15) is 9.18 Å². The lowest BCUT2D eigenvalue weighted by Gasteiger charge is -2.37. The second kappa shape index (κ2) is 9.80. The molecule has 2 aromatic rings. The summed E-state index contributed by atoms with van der Waals surface area (Å²) in [5, 5.41) is 5.93. The van der Waals surface area contributed by atoms with Gasteiger partial charge in [-0.1, -0.05) is 12.1 Å². The molecule has 2 aromatic carbocycles. The van der Waals surface area contributed by atoms with Crippen molar-refractivity contribution in [3.8, 4) is 5.75 Å². The molecule has 0 saturated carbocycles. The lowest BCUT2D eigenvalue weighted by molar-refractivity contribution is -0.116. The highest BCUT2D eigenvalue weighted by molar-refractivity contribution is 5.97. The van der Waals surface area contributed by atoms with Crippen LogP contribution < -0.4 is 20.3 Å². The topological polar surface area (TPSA) is 62.8 Å². The zero-order valence-electron chi connectivity index (χ0n) is 17.9. The normalized spacial score (nSPS) is 19.8. The summed E-state index contributed by atoms with van der Waals surface area (Å²) in [6.45, 7) is 9.39. The molecule has 3 rings (SSSR count). The maximum Gasteiger partial charge on any atom is 0.246 e. The van der Waals surface area contributed by atoms with Crippen LogP contribution in [0.4, 0.5) is 21.5 Å². The number of rotatable bonds is 7. The first-order chi connectivity index (χ1) is 14.4. The number of anilines is 3. The van der Waals surface area contributed by atoms with E-state index in [2.05, 4.69) is 10.6 Å². The van der Waals surface area contributed by atoms with Crippen LogP contribution in [-0.4, -0.2) is 43.9 Å². The molecule has 162 valence electrons. The lowest BCUT2D eigenvalue weighted by atomic mass is 10.1. The Morgan fingerprint density at radius 3 is 2.60 bits per heavy atom. The van der Waals surface area contributed by atoms with Gasteiger partial charge in [0.05, 0.1) is 30.2 Å². The largest absolute Gasteiger partial charge is 0.492 e. The van der Waals surface area contributed by atoms with Gasteiger partial charge >= 0.3 is 0 Å². The summed E-state index contributed by atoms with van der Waals surface area (Å²) in [7, 11) is 0. The Balaban J connectivity index is 1.64. The van der Waals surface area contributed by atoms with E-state index in [1.807, 2.05) is 37.8 Å². The number of hydrogen-bond donors (Lipinski definition) is 2. The molecule has 1 fully saturated rings. The SMILES string of the molecule is CCOc1ccccc1NC(=O)C(C)Nc1ccc(N2CC(C)OC(C)C2)c(F)c1. The van der Waals surface area contributed by atoms with Crippen molar-refractivity contribution in [2.75, 3.05) is 35.2 Å². The van der Waals surface area contributed by atoms with Gasteiger partial charge in [0.25, 0.3) is 0 Å². The molecule has 30 heavy (non-hydrogen) atoms. The lowest BCUT2D eigenvalue weighted by Crippen LogP contribution is -2.45. The average Bonchev–Trinajstić information content (AvgIpc) is 2.69. The highest BCUT2D eigenvalue weighted by Gasteiger charge is 2.24. The average molecular weight is 416 g/mol. The molecule has 0 bridgehead atoms. The van der Waals surface area contributed by atoms with E-state index in [0.717, 1.165) is 0 Å². The van der Waals surface area contributed by atoms with Gasteiger partial charge in [0.1, 0.15) is 17.6 Å². The molecular weight excluding hydrogens is 385 g/mol. The molecule has 3 unspecified atom stereocenters. The van der Waals surface area contributed by atoms with Crippen LogP contribution in [0.5, 0.6) is 5.75 Å². The minimum atomic E-state index is -0.562. The minimum absolute atomic E-state index is 0.0502. The van der Waals surface area contributed by atoms with Crippen molar-refractivity contribution in [2.45, 2.75) is 45.9 Å². The number of nitrogens with one attached hydrogen (secondary N) is 2. The molecule has 0 aromatic heterocycles. The zero-order chi connectivity index (χ0) is 21.7. The summed E-state index contributed by atoms with van der Waals surface area (Å²) in [5.41, 5.74) is 1.70. The molecule has 1 heterocycles. The molecule has 7 heteroatoms. The molecule has 0 spiro atoms. The number of ether oxygens (including phenoxy) is 2. The van der Waals surface area contributed by atoms with Crippen molar-refractivity contribution in [3.63, 3.8) is 0 Å². The summed E-state index contributed by atoms with van der Waals surface area (Å²) in [4.78, 5) is 14.6. The van der Waals surface area contributed by atoms with Crippen LogP contribution in [0.15, 0.2) is 42.5 Å². The fourth-order valence-corrected chi connectivity index (χ4v) is 3.64. The third-order valence-electron chi connectivity index (χ3n) is 4.93. The Labute approximate surface area is 177 Å². The molecule has 1 saturated heterocycles. The number of carbonyl (C=O) groups is 1. The summed E-state index contributed by atoms with van der Waals surface area (Å²) in [6, 6.07) is 11.7. The van der Waals surface area contributed by atoms with Crippen LogP contribution in [0, 0.1) is 5.82 Å². The first-order valence-electron chi connectivity index (χ1n) is 10.4. The van der Waals surface area contributed by atoms with Crippen LogP contribution >= 0.6 is 0 Å².